The summed E-state index contributed by atoms with van der Waals surface area (Å²) in [5.41, 5.74) is 0.359. The maximum absolute atomic E-state index is 12.3. The molecule has 0 bridgehead atoms. The summed E-state index contributed by atoms with van der Waals surface area (Å²) in [6, 6.07) is 3.21. The Balaban J connectivity index is 2.39. The summed E-state index contributed by atoms with van der Waals surface area (Å²) in [4.78, 5) is 37.3. The van der Waals surface area contributed by atoms with Crippen molar-refractivity contribution in [2.75, 3.05) is 0 Å². The van der Waals surface area contributed by atoms with Crippen LogP contribution in [-0.2, 0) is 4.79 Å². The monoisotopic (exact) mass is 273 g/mol. The Morgan fingerprint density at radius 3 is 2.60 bits per heavy atom. The maximum Gasteiger partial charge on any atom is 0.262 e. The van der Waals surface area contributed by atoms with Gasteiger partial charge in [0.2, 0.25) is 0 Å². The molecular weight excluding hydrogens is 258 g/mol. The number of amides is 2. The van der Waals surface area contributed by atoms with Crippen LogP contribution in [0.4, 0.5) is 0 Å². The van der Waals surface area contributed by atoms with Gasteiger partial charge in [-0.1, -0.05) is 6.08 Å². The number of nitrogens with zero attached hydrogens (tertiary/aromatic N) is 1. The maximum atomic E-state index is 12.3. The van der Waals surface area contributed by atoms with E-state index in [1.165, 1.54) is 25.1 Å². The Hall–Kier alpha value is -2.43. The van der Waals surface area contributed by atoms with E-state index in [2.05, 4.69) is 6.58 Å². The summed E-state index contributed by atoms with van der Waals surface area (Å²) in [6.45, 7) is 4.93. The molecule has 2 amide bonds. The van der Waals surface area contributed by atoms with Crippen LogP contribution < -0.4 is 0 Å². The van der Waals surface area contributed by atoms with Gasteiger partial charge >= 0.3 is 0 Å². The summed E-state index contributed by atoms with van der Waals surface area (Å²) < 4.78 is 0. The molecule has 0 saturated carbocycles. The van der Waals surface area contributed by atoms with Crippen LogP contribution in [0.5, 0.6) is 5.75 Å². The number of phenols is 1. The van der Waals surface area contributed by atoms with Gasteiger partial charge in [-0.25, -0.2) is 0 Å². The summed E-state index contributed by atoms with van der Waals surface area (Å²) in [7, 11) is 0. The largest absolute Gasteiger partial charge is 0.508 e. The van der Waals surface area contributed by atoms with Gasteiger partial charge in [0.05, 0.1) is 17.2 Å². The molecule has 0 saturated heterocycles. The van der Waals surface area contributed by atoms with Crippen LogP contribution >= 0.6 is 0 Å². The van der Waals surface area contributed by atoms with Gasteiger partial charge in [-0.05, 0) is 38.0 Å². The number of rotatable bonds is 5. The van der Waals surface area contributed by atoms with E-state index in [0.717, 1.165) is 4.90 Å². The minimum atomic E-state index is -0.789. The normalized spacial score (nSPS) is 15.2. The molecule has 20 heavy (non-hydrogen) atoms. The lowest BCUT2D eigenvalue weighted by molar-refractivity contribution is -0.120. The van der Waals surface area contributed by atoms with E-state index in [1.807, 2.05) is 0 Å². The average molecular weight is 273 g/mol. The fourth-order valence-corrected chi connectivity index (χ4v) is 2.32. The van der Waals surface area contributed by atoms with Crippen molar-refractivity contribution in [1.82, 2.24) is 4.90 Å². The second kappa shape index (κ2) is 5.28. The third-order valence-corrected chi connectivity index (χ3v) is 3.33. The third-order valence-electron chi connectivity index (χ3n) is 3.33. The number of imide groups is 1. The zero-order chi connectivity index (χ0) is 14.9. The molecule has 1 atom stereocenters. The van der Waals surface area contributed by atoms with E-state index in [4.69, 9.17) is 0 Å². The molecule has 1 aliphatic heterocycles. The molecule has 0 radical (unpaired) electrons. The highest BCUT2D eigenvalue weighted by Gasteiger charge is 2.41. The predicted molar refractivity (Wildman–Crippen MR) is 72.5 cm³/mol. The molecule has 2 rings (SSSR count). The van der Waals surface area contributed by atoms with Crippen molar-refractivity contribution in [3.8, 4) is 5.75 Å². The first-order valence-electron chi connectivity index (χ1n) is 6.29. The van der Waals surface area contributed by atoms with Crippen LogP contribution in [0.2, 0.25) is 0 Å². The molecule has 1 aliphatic rings. The number of ketones is 1. The molecule has 104 valence electrons. The van der Waals surface area contributed by atoms with Crippen molar-refractivity contribution in [2.45, 2.75) is 25.8 Å². The van der Waals surface area contributed by atoms with Gasteiger partial charge in [0.15, 0.2) is 5.78 Å². The van der Waals surface area contributed by atoms with Crippen LogP contribution in [-0.4, -0.2) is 33.6 Å². The number of carbonyl (C=O) groups is 3. The van der Waals surface area contributed by atoms with Gasteiger partial charge in [0.25, 0.3) is 11.8 Å². The minimum Gasteiger partial charge on any atom is -0.508 e. The van der Waals surface area contributed by atoms with Crippen molar-refractivity contribution < 1.29 is 19.5 Å². The first-order valence-corrected chi connectivity index (χ1v) is 6.29. The summed E-state index contributed by atoms with van der Waals surface area (Å²) >= 11 is 0. The second-order valence-electron chi connectivity index (χ2n) is 4.70. The molecule has 5 nitrogen and oxygen atoms in total. The highest BCUT2D eigenvalue weighted by molar-refractivity contribution is 6.23. The lowest BCUT2D eigenvalue weighted by Gasteiger charge is -2.23. The molecule has 1 heterocycles. The van der Waals surface area contributed by atoms with Crippen molar-refractivity contribution in [2.24, 2.45) is 0 Å². The Morgan fingerprint density at radius 2 is 2.00 bits per heavy atom. The number of phenolic OH excluding ortho intramolecular Hbond substituents is 1. The van der Waals surface area contributed by atoms with Gasteiger partial charge in [-0.15, -0.1) is 6.58 Å². The smallest absolute Gasteiger partial charge is 0.262 e. The highest BCUT2D eigenvalue weighted by atomic mass is 16.3. The average Bonchev–Trinajstić information content (AvgIpc) is 2.63. The van der Waals surface area contributed by atoms with Crippen LogP contribution in [0.15, 0.2) is 30.9 Å². The number of allylic oxidation sites excluding steroid dienone is 1. The van der Waals surface area contributed by atoms with Gasteiger partial charge < -0.3 is 5.11 Å². The van der Waals surface area contributed by atoms with Gasteiger partial charge in [0.1, 0.15) is 5.75 Å². The zero-order valence-corrected chi connectivity index (χ0v) is 11.1. The predicted octanol–water partition coefficient (Wildman–Crippen LogP) is 1.91. The highest BCUT2D eigenvalue weighted by Crippen LogP contribution is 2.29. The number of hydrogen-bond acceptors (Lipinski definition) is 4. The molecule has 1 unspecified atom stereocenters. The van der Waals surface area contributed by atoms with Crippen molar-refractivity contribution >= 4 is 17.6 Å². The van der Waals surface area contributed by atoms with Crippen molar-refractivity contribution in [1.29, 1.82) is 0 Å². The first-order chi connectivity index (χ1) is 9.47. The summed E-state index contributed by atoms with van der Waals surface area (Å²) in [5.74, 6) is -1.36. The Kier molecular flexibility index (Phi) is 3.70. The Morgan fingerprint density at radius 1 is 1.35 bits per heavy atom. The first kappa shape index (κ1) is 14.0. The number of carbonyl (C=O) groups excluding carboxylic acids is 3. The van der Waals surface area contributed by atoms with Crippen molar-refractivity contribution in [3.05, 3.63) is 42.0 Å². The van der Waals surface area contributed by atoms with Gasteiger partial charge in [-0.2, -0.15) is 0 Å². The number of fused-ring (bicyclic) bond motifs is 1. The molecule has 1 N–H and O–H groups in total. The van der Waals surface area contributed by atoms with Gasteiger partial charge in [-0.3, -0.25) is 19.3 Å². The van der Waals surface area contributed by atoms with E-state index in [9.17, 15) is 19.5 Å². The second-order valence-corrected chi connectivity index (χ2v) is 4.70. The Bertz CT molecular complexity index is 606. The van der Waals surface area contributed by atoms with E-state index < -0.39 is 17.9 Å². The standard InChI is InChI=1S/C15H15NO4/c1-3-4-5-13(9(2)17)16-14(19)11-7-6-10(18)8-12(11)15(16)20/h3,6-8,13,18H,1,4-5H2,2H3. The molecule has 5 heteroatoms. The van der Waals surface area contributed by atoms with Crippen LogP contribution in [0.3, 0.4) is 0 Å². The lowest BCUT2D eigenvalue weighted by atomic mass is 10.1. The zero-order valence-electron chi connectivity index (χ0n) is 11.1. The molecule has 1 aromatic carbocycles. The van der Waals surface area contributed by atoms with Crippen LogP contribution in [0.25, 0.3) is 0 Å². The lowest BCUT2D eigenvalue weighted by Crippen LogP contribution is -2.43. The van der Waals surface area contributed by atoms with E-state index in [-0.39, 0.29) is 22.7 Å². The number of aromatic hydroxyl groups is 1. The number of Topliss-reactive ketones (excluding diaryl/α,β-unsaturated/α-hetero) is 1. The van der Waals surface area contributed by atoms with Crippen molar-refractivity contribution in [3.63, 3.8) is 0 Å². The molecule has 0 spiro atoms. The van der Waals surface area contributed by atoms with E-state index in [0.29, 0.717) is 12.8 Å². The summed E-state index contributed by atoms with van der Waals surface area (Å²) in [6.07, 6.45) is 2.53. The fourth-order valence-electron chi connectivity index (χ4n) is 2.32. The van der Waals surface area contributed by atoms with E-state index in [1.54, 1.807) is 6.08 Å². The molecule has 1 aromatic rings. The third kappa shape index (κ3) is 2.22. The fraction of sp³-hybridized carbons (Fsp3) is 0.267. The molecule has 0 fully saturated rings. The topological polar surface area (TPSA) is 74.7 Å². The Labute approximate surface area is 116 Å². The molecule has 0 aromatic heterocycles. The number of benzene rings is 1. The van der Waals surface area contributed by atoms with Crippen LogP contribution in [0.1, 0.15) is 40.5 Å². The summed E-state index contributed by atoms with van der Waals surface area (Å²) in [5, 5.41) is 9.41. The van der Waals surface area contributed by atoms with Crippen LogP contribution in [0, 0.1) is 0 Å². The van der Waals surface area contributed by atoms with E-state index >= 15 is 0 Å². The SMILES string of the molecule is C=CCCC(C(C)=O)N1C(=O)c2ccc(O)cc2C1=O. The minimum absolute atomic E-state index is 0.0859. The number of hydrogen-bond donors (Lipinski definition) is 1. The molecule has 0 aliphatic carbocycles. The quantitative estimate of drug-likeness (QED) is 0.657. The molecular formula is C15H15NO4. The van der Waals surface area contributed by atoms with Gasteiger partial charge in [0, 0.05) is 0 Å².